The molecule has 3 aromatic carbocycles. The summed E-state index contributed by atoms with van der Waals surface area (Å²) in [4.78, 5) is 12.7. The summed E-state index contributed by atoms with van der Waals surface area (Å²) >= 11 is 8.88. The molecule has 0 atom stereocenters. The van der Waals surface area contributed by atoms with Crippen molar-refractivity contribution in [2.75, 3.05) is 16.2 Å². The van der Waals surface area contributed by atoms with Crippen molar-refractivity contribution in [1.29, 1.82) is 0 Å². The molecule has 5 nitrogen and oxygen atoms in total. The SMILES string of the molecule is Cc1ccc(S(=O)(=O)N(CC(=O)Nc2ccc(Cl)c(C(F)(F)F)c2)c2ccc(Br)cc2)cc1. The molecule has 0 aliphatic rings. The topological polar surface area (TPSA) is 66.5 Å². The van der Waals surface area contributed by atoms with Gasteiger partial charge in [-0.3, -0.25) is 9.10 Å². The van der Waals surface area contributed by atoms with Gasteiger partial charge >= 0.3 is 6.18 Å². The fourth-order valence-corrected chi connectivity index (χ4v) is 4.82. The molecule has 33 heavy (non-hydrogen) atoms. The van der Waals surface area contributed by atoms with Crippen molar-refractivity contribution in [3.05, 3.63) is 87.4 Å². The van der Waals surface area contributed by atoms with Gasteiger partial charge in [0.05, 0.1) is 21.2 Å². The Hall–Kier alpha value is -2.56. The number of alkyl halides is 3. The Labute approximate surface area is 202 Å². The molecule has 1 amide bonds. The molecule has 0 saturated heterocycles. The highest BCUT2D eigenvalue weighted by Crippen LogP contribution is 2.36. The fourth-order valence-electron chi connectivity index (χ4n) is 2.91. The lowest BCUT2D eigenvalue weighted by Gasteiger charge is -2.24. The van der Waals surface area contributed by atoms with Gasteiger partial charge in [-0.05, 0) is 61.5 Å². The third-order valence-electron chi connectivity index (χ3n) is 4.57. The molecule has 0 unspecified atom stereocenters. The van der Waals surface area contributed by atoms with E-state index in [2.05, 4.69) is 21.2 Å². The number of hydrogen-bond acceptors (Lipinski definition) is 3. The third kappa shape index (κ3) is 6.07. The van der Waals surface area contributed by atoms with Crippen LogP contribution in [-0.4, -0.2) is 20.9 Å². The molecular weight excluding hydrogens is 545 g/mol. The van der Waals surface area contributed by atoms with Gasteiger partial charge in [0.25, 0.3) is 10.0 Å². The largest absolute Gasteiger partial charge is 0.417 e. The second kappa shape index (κ2) is 9.74. The number of halogens is 5. The highest BCUT2D eigenvalue weighted by Gasteiger charge is 2.33. The van der Waals surface area contributed by atoms with E-state index in [1.54, 1.807) is 31.2 Å². The second-order valence-electron chi connectivity index (χ2n) is 7.04. The lowest BCUT2D eigenvalue weighted by Crippen LogP contribution is -2.38. The minimum Gasteiger partial charge on any atom is -0.324 e. The van der Waals surface area contributed by atoms with E-state index in [9.17, 15) is 26.4 Å². The number of carbonyl (C=O) groups is 1. The molecule has 1 N–H and O–H groups in total. The van der Waals surface area contributed by atoms with Crippen molar-refractivity contribution >= 4 is 54.8 Å². The fraction of sp³-hybridized carbons (Fsp3) is 0.136. The molecule has 0 radical (unpaired) electrons. The predicted octanol–water partition coefficient (Wildman–Crippen LogP) is 6.26. The summed E-state index contributed by atoms with van der Waals surface area (Å²) in [5.74, 6) is -0.830. The number of hydrogen-bond donors (Lipinski definition) is 1. The van der Waals surface area contributed by atoms with Crippen LogP contribution in [0.4, 0.5) is 24.5 Å². The summed E-state index contributed by atoms with van der Waals surface area (Å²) in [5.41, 5.74) is -0.217. The van der Waals surface area contributed by atoms with Crippen LogP contribution in [0.5, 0.6) is 0 Å². The van der Waals surface area contributed by atoms with Crippen LogP contribution >= 0.6 is 27.5 Å². The first-order valence-electron chi connectivity index (χ1n) is 9.39. The van der Waals surface area contributed by atoms with Gasteiger partial charge in [0.15, 0.2) is 0 Å². The summed E-state index contributed by atoms with van der Waals surface area (Å²) in [7, 11) is -4.15. The van der Waals surface area contributed by atoms with E-state index in [1.807, 2.05) is 0 Å². The summed E-state index contributed by atoms with van der Waals surface area (Å²) in [5, 5.41) is 1.80. The number of amides is 1. The van der Waals surface area contributed by atoms with E-state index >= 15 is 0 Å². The van der Waals surface area contributed by atoms with Gasteiger partial charge in [0, 0.05) is 10.2 Å². The third-order valence-corrected chi connectivity index (χ3v) is 7.21. The number of nitrogens with one attached hydrogen (secondary N) is 1. The first-order chi connectivity index (χ1) is 15.4. The normalized spacial score (nSPS) is 11.8. The van der Waals surface area contributed by atoms with Gasteiger partial charge in [0.2, 0.25) is 5.91 Å². The number of sulfonamides is 1. The van der Waals surface area contributed by atoms with Crippen molar-refractivity contribution < 1.29 is 26.4 Å². The average molecular weight is 562 g/mol. The molecule has 0 saturated carbocycles. The summed E-state index contributed by atoms with van der Waals surface area (Å²) in [6.07, 6.45) is -4.71. The maximum absolute atomic E-state index is 13.3. The van der Waals surface area contributed by atoms with Gasteiger partial charge in [0.1, 0.15) is 6.54 Å². The molecule has 3 rings (SSSR count). The molecule has 0 bridgehead atoms. The Balaban J connectivity index is 1.93. The zero-order chi connectivity index (χ0) is 24.4. The van der Waals surface area contributed by atoms with E-state index in [1.165, 1.54) is 30.3 Å². The molecule has 3 aromatic rings. The zero-order valence-electron chi connectivity index (χ0n) is 17.0. The number of carbonyl (C=O) groups excluding carboxylic acids is 1. The van der Waals surface area contributed by atoms with Crippen LogP contribution in [0.15, 0.2) is 76.1 Å². The average Bonchev–Trinajstić information content (AvgIpc) is 2.73. The van der Waals surface area contributed by atoms with Crippen LogP contribution in [0.3, 0.4) is 0 Å². The second-order valence-corrected chi connectivity index (χ2v) is 10.2. The van der Waals surface area contributed by atoms with E-state index in [4.69, 9.17) is 11.6 Å². The molecular formula is C22H17BrClF3N2O3S. The van der Waals surface area contributed by atoms with Crippen LogP contribution in [-0.2, 0) is 21.0 Å². The molecule has 11 heteroatoms. The molecule has 0 aliphatic heterocycles. The standard InChI is InChI=1S/C22H17BrClF3N2O3S/c1-14-2-9-18(10-3-14)33(31,32)29(17-7-4-15(23)5-8-17)13-21(30)28-16-6-11-20(24)19(12-16)22(25,26)27/h2-12H,13H2,1H3,(H,28,30). The summed E-state index contributed by atoms with van der Waals surface area (Å²) in [6, 6.07) is 15.2. The highest BCUT2D eigenvalue weighted by molar-refractivity contribution is 9.10. The summed E-state index contributed by atoms with van der Waals surface area (Å²) < 4.78 is 67.6. The number of anilines is 2. The van der Waals surface area contributed by atoms with Crippen LogP contribution in [0.1, 0.15) is 11.1 Å². The Morgan fingerprint density at radius 3 is 2.21 bits per heavy atom. The van der Waals surface area contributed by atoms with Gasteiger partial charge in [-0.15, -0.1) is 0 Å². The smallest absolute Gasteiger partial charge is 0.324 e. The van der Waals surface area contributed by atoms with Gasteiger partial charge in [-0.25, -0.2) is 8.42 Å². The van der Waals surface area contributed by atoms with Gasteiger partial charge in [-0.1, -0.05) is 45.2 Å². The van der Waals surface area contributed by atoms with Crippen molar-refractivity contribution in [3.8, 4) is 0 Å². The molecule has 0 fully saturated rings. The van der Waals surface area contributed by atoms with Crippen LogP contribution in [0.2, 0.25) is 5.02 Å². The van der Waals surface area contributed by atoms with Crippen LogP contribution in [0.25, 0.3) is 0 Å². The molecule has 0 heterocycles. The van der Waals surface area contributed by atoms with Crippen molar-refractivity contribution in [1.82, 2.24) is 0 Å². The molecule has 174 valence electrons. The quantitative estimate of drug-likeness (QED) is 0.386. The van der Waals surface area contributed by atoms with E-state index in [-0.39, 0.29) is 16.3 Å². The monoisotopic (exact) mass is 560 g/mol. The predicted molar refractivity (Wildman–Crippen MR) is 125 cm³/mol. The highest BCUT2D eigenvalue weighted by atomic mass is 79.9. The van der Waals surface area contributed by atoms with Crippen molar-refractivity contribution in [2.24, 2.45) is 0 Å². The van der Waals surface area contributed by atoms with Gasteiger partial charge < -0.3 is 5.32 Å². The van der Waals surface area contributed by atoms with Crippen molar-refractivity contribution in [2.45, 2.75) is 18.0 Å². The van der Waals surface area contributed by atoms with Crippen molar-refractivity contribution in [3.63, 3.8) is 0 Å². The maximum atomic E-state index is 13.3. The van der Waals surface area contributed by atoms with E-state index in [0.29, 0.717) is 10.5 Å². The zero-order valence-corrected chi connectivity index (χ0v) is 20.2. The number of rotatable bonds is 6. The Bertz CT molecular complexity index is 1270. The summed E-state index contributed by atoms with van der Waals surface area (Å²) in [6.45, 7) is 1.14. The molecule has 0 aliphatic carbocycles. The van der Waals surface area contributed by atoms with Gasteiger partial charge in [-0.2, -0.15) is 13.2 Å². The number of aryl methyl sites for hydroxylation is 1. The number of nitrogens with zero attached hydrogens (tertiary/aromatic N) is 1. The van der Waals surface area contributed by atoms with E-state index < -0.39 is 39.2 Å². The molecule has 0 spiro atoms. The maximum Gasteiger partial charge on any atom is 0.417 e. The lowest BCUT2D eigenvalue weighted by molar-refractivity contribution is -0.137. The minimum absolute atomic E-state index is 0.0327. The lowest BCUT2D eigenvalue weighted by atomic mass is 10.2. The van der Waals surface area contributed by atoms with Crippen LogP contribution in [0, 0.1) is 6.92 Å². The van der Waals surface area contributed by atoms with Crippen LogP contribution < -0.4 is 9.62 Å². The first kappa shape index (κ1) is 25.1. The number of benzene rings is 3. The minimum atomic E-state index is -4.71. The molecule has 0 aromatic heterocycles. The first-order valence-corrected chi connectivity index (χ1v) is 12.0. The Morgan fingerprint density at radius 2 is 1.64 bits per heavy atom. The Kier molecular flexibility index (Phi) is 7.40. The Morgan fingerprint density at radius 1 is 1.03 bits per heavy atom. The van der Waals surface area contributed by atoms with E-state index in [0.717, 1.165) is 15.9 Å².